The summed E-state index contributed by atoms with van der Waals surface area (Å²) in [7, 11) is 0. The minimum atomic E-state index is -0.431. The number of aromatic nitrogens is 1. The molecule has 6 rings (SSSR count). The van der Waals surface area contributed by atoms with Gasteiger partial charge >= 0.3 is 0 Å². The van der Waals surface area contributed by atoms with Crippen LogP contribution in [-0.4, -0.2) is 17.1 Å². The van der Waals surface area contributed by atoms with Crippen LogP contribution in [0.3, 0.4) is 0 Å². The molecule has 0 saturated carbocycles. The molecule has 2 aliphatic heterocycles. The van der Waals surface area contributed by atoms with Gasteiger partial charge in [0.15, 0.2) is 22.1 Å². The number of carbonyl (C=O) groups is 1. The molecule has 1 atom stereocenters. The van der Waals surface area contributed by atoms with E-state index in [0.29, 0.717) is 32.8 Å². The molecular formula is C24H18N2O4S. The monoisotopic (exact) mass is 430 g/mol. The number of fused-ring (bicyclic) bond motifs is 2. The van der Waals surface area contributed by atoms with Gasteiger partial charge in [-0.2, -0.15) is 0 Å². The SMILES string of the molecule is O=C1CCCC2=C1C(c1ccccc1)n1c(sc(=Cc3ccc4c(c3)OCO4)c1=O)=N2. The highest BCUT2D eigenvalue weighted by Crippen LogP contribution is 2.36. The van der Waals surface area contributed by atoms with Crippen LogP contribution in [0.5, 0.6) is 11.5 Å². The van der Waals surface area contributed by atoms with E-state index in [-0.39, 0.29) is 18.1 Å². The highest BCUT2D eigenvalue weighted by molar-refractivity contribution is 7.07. The first-order valence-corrected chi connectivity index (χ1v) is 11.0. The van der Waals surface area contributed by atoms with Crippen LogP contribution in [0.4, 0.5) is 0 Å². The van der Waals surface area contributed by atoms with Crippen molar-refractivity contribution in [3.05, 3.63) is 90.6 Å². The van der Waals surface area contributed by atoms with E-state index in [2.05, 4.69) is 0 Å². The summed E-state index contributed by atoms with van der Waals surface area (Å²) in [6, 6.07) is 14.9. The minimum Gasteiger partial charge on any atom is -0.454 e. The zero-order valence-electron chi connectivity index (χ0n) is 16.5. The topological polar surface area (TPSA) is 69.9 Å². The molecule has 31 heavy (non-hydrogen) atoms. The molecule has 3 heterocycles. The number of ether oxygens (including phenoxy) is 2. The molecule has 0 spiro atoms. The number of allylic oxidation sites excluding steroid dienone is 2. The number of Topliss-reactive ketones (excluding diaryl/α,β-unsaturated/α-hetero) is 1. The van der Waals surface area contributed by atoms with E-state index < -0.39 is 6.04 Å². The van der Waals surface area contributed by atoms with E-state index in [0.717, 1.165) is 29.7 Å². The van der Waals surface area contributed by atoms with E-state index >= 15 is 0 Å². The molecular weight excluding hydrogens is 412 g/mol. The first-order valence-electron chi connectivity index (χ1n) is 10.2. The van der Waals surface area contributed by atoms with Crippen LogP contribution >= 0.6 is 11.3 Å². The molecule has 7 heteroatoms. The molecule has 0 N–H and O–H groups in total. The average molecular weight is 430 g/mol. The smallest absolute Gasteiger partial charge is 0.271 e. The fraction of sp³-hybridized carbons (Fsp3) is 0.208. The van der Waals surface area contributed by atoms with Gasteiger partial charge in [-0.25, -0.2) is 4.99 Å². The van der Waals surface area contributed by atoms with E-state index in [1.165, 1.54) is 11.3 Å². The van der Waals surface area contributed by atoms with Crippen molar-refractivity contribution in [1.82, 2.24) is 4.57 Å². The molecule has 0 fully saturated rings. The third kappa shape index (κ3) is 2.96. The van der Waals surface area contributed by atoms with Gasteiger partial charge in [0.25, 0.3) is 5.56 Å². The van der Waals surface area contributed by atoms with E-state index in [9.17, 15) is 9.59 Å². The van der Waals surface area contributed by atoms with Crippen LogP contribution < -0.4 is 24.4 Å². The fourth-order valence-corrected chi connectivity index (χ4v) is 5.44. The van der Waals surface area contributed by atoms with Gasteiger partial charge in [0, 0.05) is 12.0 Å². The molecule has 1 unspecified atom stereocenters. The highest BCUT2D eigenvalue weighted by Gasteiger charge is 2.34. The van der Waals surface area contributed by atoms with Crippen molar-refractivity contribution in [1.29, 1.82) is 0 Å². The Balaban J connectivity index is 1.56. The van der Waals surface area contributed by atoms with Crippen molar-refractivity contribution in [3.8, 4) is 11.5 Å². The van der Waals surface area contributed by atoms with Gasteiger partial charge in [0.1, 0.15) is 0 Å². The second-order valence-electron chi connectivity index (χ2n) is 7.74. The van der Waals surface area contributed by atoms with Crippen LogP contribution in [0.15, 0.2) is 69.6 Å². The largest absolute Gasteiger partial charge is 0.454 e. The molecule has 0 bridgehead atoms. The molecule has 1 aliphatic carbocycles. The van der Waals surface area contributed by atoms with Crippen LogP contribution in [-0.2, 0) is 4.79 Å². The summed E-state index contributed by atoms with van der Waals surface area (Å²) in [5.41, 5.74) is 3.13. The van der Waals surface area contributed by atoms with Gasteiger partial charge in [-0.05, 0) is 42.2 Å². The van der Waals surface area contributed by atoms with Crippen molar-refractivity contribution < 1.29 is 14.3 Å². The third-order valence-corrected chi connectivity index (χ3v) is 6.82. The zero-order chi connectivity index (χ0) is 20.9. The Labute approximate surface area is 181 Å². The summed E-state index contributed by atoms with van der Waals surface area (Å²) in [4.78, 5) is 31.8. The number of thiazole rings is 1. The predicted octanol–water partition coefficient (Wildman–Crippen LogP) is 2.70. The number of nitrogens with zero attached hydrogens (tertiary/aromatic N) is 2. The molecule has 1 aromatic heterocycles. The van der Waals surface area contributed by atoms with Crippen LogP contribution in [0, 0.1) is 0 Å². The normalized spacial score (nSPS) is 19.8. The zero-order valence-corrected chi connectivity index (χ0v) is 17.4. The van der Waals surface area contributed by atoms with Gasteiger partial charge in [-0.15, -0.1) is 0 Å². The first-order chi connectivity index (χ1) is 15.2. The minimum absolute atomic E-state index is 0.0869. The van der Waals surface area contributed by atoms with Crippen molar-refractivity contribution in [2.45, 2.75) is 25.3 Å². The Hall–Kier alpha value is -3.45. The summed E-state index contributed by atoms with van der Waals surface area (Å²) < 4.78 is 13.1. The van der Waals surface area contributed by atoms with Gasteiger partial charge in [-0.3, -0.25) is 14.2 Å². The standard InChI is InChI=1S/C24H18N2O4S/c27-17-8-4-7-16-21(17)22(15-5-2-1-3-6-15)26-23(28)20(31-24(26)25-16)12-14-9-10-18-19(11-14)30-13-29-18/h1-3,5-6,9-12,22H,4,7-8,13H2. The predicted molar refractivity (Wildman–Crippen MR) is 116 cm³/mol. The maximum atomic E-state index is 13.5. The lowest BCUT2D eigenvalue weighted by molar-refractivity contribution is -0.116. The lowest BCUT2D eigenvalue weighted by Crippen LogP contribution is -2.40. The number of hydrogen-bond acceptors (Lipinski definition) is 6. The lowest BCUT2D eigenvalue weighted by atomic mass is 9.86. The molecule has 0 amide bonds. The van der Waals surface area contributed by atoms with E-state index in [4.69, 9.17) is 14.5 Å². The Morgan fingerprint density at radius 2 is 1.87 bits per heavy atom. The Morgan fingerprint density at radius 3 is 2.74 bits per heavy atom. The summed E-state index contributed by atoms with van der Waals surface area (Å²) in [6.07, 6.45) is 3.91. The van der Waals surface area contributed by atoms with E-state index in [1.54, 1.807) is 4.57 Å². The number of carbonyl (C=O) groups excluding carboxylic acids is 1. The van der Waals surface area contributed by atoms with Gasteiger partial charge in [0.2, 0.25) is 6.79 Å². The number of rotatable bonds is 2. The van der Waals surface area contributed by atoms with Crippen molar-refractivity contribution in [3.63, 3.8) is 0 Å². The molecule has 154 valence electrons. The fourth-order valence-electron chi connectivity index (χ4n) is 4.42. The van der Waals surface area contributed by atoms with Crippen LogP contribution in [0.2, 0.25) is 0 Å². The molecule has 3 aromatic rings. The van der Waals surface area contributed by atoms with E-state index in [1.807, 2.05) is 54.6 Å². The van der Waals surface area contributed by atoms with Crippen molar-refractivity contribution >= 4 is 23.2 Å². The Bertz CT molecular complexity index is 1430. The molecule has 0 radical (unpaired) electrons. The van der Waals surface area contributed by atoms with Crippen LogP contribution in [0.1, 0.15) is 36.4 Å². The van der Waals surface area contributed by atoms with Gasteiger partial charge in [-0.1, -0.05) is 47.7 Å². The molecule has 2 aromatic carbocycles. The highest BCUT2D eigenvalue weighted by atomic mass is 32.1. The average Bonchev–Trinajstić information content (AvgIpc) is 3.37. The maximum Gasteiger partial charge on any atom is 0.271 e. The lowest BCUT2D eigenvalue weighted by Gasteiger charge is -2.28. The number of ketones is 1. The number of benzene rings is 2. The van der Waals surface area contributed by atoms with Gasteiger partial charge in [0.05, 0.1) is 16.3 Å². The molecule has 0 saturated heterocycles. The summed E-state index contributed by atoms with van der Waals surface area (Å²) >= 11 is 1.36. The second kappa shape index (κ2) is 7.06. The van der Waals surface area contributed by atoms with Crippen molar-refractivity contribution in [2.75, 3.05) is 6.79 Å². The Morgan fingerprint density at radius 1 is 1.03 bits per heavy atom. The maximum absolute atomic E-state index is 13.5. The second-order valence-corrected chi connectivity index (χ2v) is 8.75. The van der Waals surface area contributed by atoms with Crippen molar-refractivity contribution in [2.24, 2.45) is 4.99 Å². The Kier molecular flexibility index (Phi) is 4.17. The molecule has 6 nitrogen and oxygen atoms in total. The number of hydrogen-bond donors (Lipinski definition) is 0. The quantitative estimate of drug-likeness (QED) is 0.627. The van der Waals surface area contributed by atoms with Gasteiger partial charge < -0.3 is 9.47 Å². The molecule has 3 aliphatic rings. The first kappa shape index (κ1) is 18.3. The summed E-state index contributed by atoms with van der Waals surface area (Å²) in [5.74, 6) is 1.46. The summed E-state index contributed by atoms with van der Waals surface area (Å²) in [6.45, 7) is 0.206. The van der Waals surface area contributed by atoms with Crippen LogP contribution in [0.25, 0.3) is 6.08 Å². The third-order valence-electron chi connectivity index (χ3n) is 5.84. The summed E-state index contributed by atoms with van der Waals surface area (Å²) in [5, 5.41) is 0.